The van der Waals surface area contributed by atoms with Crippen molar-refractivity contribution >= 4 is 5.69 Å². The molecule has 0 radical (unpaired) electrons. The monoisotopic (exact) mass is 275 g/mol. The Morgan fingerprint density at radius 3 is 2.68 bits per heavy atom. The standard InChI is InChI=1S/C9H12F3N7/c1-17(7-3-13-18(2)4-7)5-8-14-15-16-19(8)6-9(10,11)12/h3-4H,5-6H2,1-2H3. The van der Waals surface area contributed by atoms with Gasteiger partial charge in [0.1, 0.15) is 6.54 Å². The van der Waals surface area contributed by atoms with Crippen molar-refractivity contribution in [3.63, 3.8) is 0 Å². The third-order valence-electron chi connectivity index (χ3n) is 2.45. The van der Waals surface area contributed by atoms with Crippen molar-refractivity contribution in [1.29, 1.82) is 0 Å². The number of nitrogens with zero attached hydrogens (tertiary/aromatic N) is 7. The molecule has 0 bridgehead atoms. The molecule has 0 fully saturated rings. The van der Waals surface area contributed by atoms with Crippen LogP contribution in [-0.2, 0) is 20.1 Å². The summed E-state index contributed by atoms with van der Waals surface area (Å²) in [5.41, 5.74) is 0.768. The van der Waals surface area contributed by atoms with E-state index in [1.165, 1.54) is 0 Å². The van der Waals surface area contributed by atoms with Crippen LogP contribution < -0.4 is 4.90 Å². The lowest BCUT2D eigenvalue weighted by atomic mass is 10.4. The molecule has 0 saturated heterocycles. The van der Waals surface area contributed by atoms with Crippen molar-refractivity contribution in [2.75, 3.05) is 11.9 Å². The van der Waals surface area contributed by atoms with Gasteiger partial charge < -0.3 is 4.90 Å². The summed E-state index contributed by atoms with van der Waals surface area (Å²) >= 11 is 0. The maximum absolute atomic E-state index is 12.3. The van der Waals surface area contributed by atoms with E-state index in [9.17, 15) is 13.2 Å². The van der Waals surface area contributed by atoms with Crippen LogP contribution in [0.4, 0.5) is 18.9 Å². The SMILES string of the molecule is CN(Cc1nnnn1CC(F)(F)F)c1cnn(C)c1. The van der Waals surface area contributed by atoms with Crippen LogP contribution in [0.5, 0.6) is 0 Å². The summed E-state index contributed by atoms with van der Waals surface area (Å²) in [6.45, 7) is -1.04. The zero-order chi connectivity index (χ0) is 14.0. The van der Waals surface area contributed by atoms with Gasteiger partial charge in [-0.3, -0.25) is 4.68 Å². The minimum Gasteiger partial charge on any atom is -0.364 e. The molecule has 0 saturated carbocycles. The predicted molar refractivity (Wildman–Crippen MR) is 59.2 cm³/mol. The summed E-state index contributed by atoms with van der Waals surface area (Å²) in [5.74, 6) is 0.142. The summed E-state index contributed by atoms with van der Waals surface area (Å²) in [6, 6.07) is 0. The van der Waals surface area contributed by atoms with E-state index in [2.05, 4.69) is 20.6 Å². The van der Waals surface area contributed by atoms with E-state index in [0.717, 1.165) is 10.4 Å². The Bertz CT molecular complexity index is 544. The van der Waals surface area contributed by atoms with Gasteiger partial charge in [0.15, 0.2) is 5.82 Å². The topological polar surface area (TPSA) is 64.7 Å². The second kappa shape index (κ2) is 4.86. The molecule has 0 amide bonds. The summed E-state index contributed by atoms with van der Waals surface area (Å²) in [7, 11) is 3.48. The molecule has 0 aliphatic heterocycles. The Morgan fingerprint density at radius 1 is 1.37 bits per heavy atom. The van der Waals surface area contributed by atoms with Crippen LogP contribution in [0.25, 0.3) is 0 Å². The normalized spacial score (nSPS) is 11.8. The quantitative estimate of drug-likeness (QED) is 0.817. The Labute approximate surface area is 106 Å². The van der Waals surface area contributed by atoms with Gasteiger partial charge in [-0.05, 0) is 10.4 Å². The number of anilines is 1. The lowest BCUT2D eigenvalue weighted by Gasteiger charge is -2.16. The number of hydrogen-bond donors (Lipinski definition) is 0. The maximum Gasteiger partial charge on any atom is 0.408 e. The fourth-order valence-corrected chi connectivity index (χ4v) is 1.54. The number of hydrogen-bond acceptors (Lipinski definition) is 5. The average Bonchev–Trinajstić information content (AvgIpc) is 2.86. The molecule has 2 heterocycles. The van der Waals surface area contributed by atoms with Crippen molar-refractivity contribution in [3.05, 3.63) is 18.2 Å². The summed E-state index contributed by atoms with van der Waals surface area (Å²) in [6.07, 6.45) is -0.993. The lowest BCUT2D eigenvalue weighted by molar-refractivity contribution is -0.143. The number of tetrazole rings is 1. The van der Waals surface area contributed by atoms with Crippen LogP contribution in [0.3, 0.4) is 0 Å². The molecule has 2 aromatic heterocycles. The second-order valence-electron chi connectivity index (χ2n) is 4.10. The van der Waals surface area contributed by atoms with E-state index in [1.54, 1.807) is 36.1 Å². The first kappa shape index (κ1) is 13.3. The van der Waals surface area contributed by atoms with Gasteiger partial charge in [0.25, 0.3) is 0 Å². The number of alkyl halides is 3. The van der Waals surface area contributed by atoms with Crippen molar-refractivity contribution in [3.8, 4) is 0 Å². The molecule has 0 N–H and O–H groups in total. The summed E-state index contributed by atoms with van der Waals surface area (Å²) in [4.78, 5) is 1.71. The van der Waals surface area contributed by atoms with E-state index in [-0.39, 0.29) is 12.4 Å². The molecule has 0 aliphatic rings. The van der Waals surface area contributed by atoms with Crippen LogP contribution in [0.2, 0.25) is 0 Å². The molecule has 0 aromatic carbocycles. The predicted octanol–water partition coefficient (Wildman–Crippen LogP) is 0.605. The first-order valence-electron chi connectivity index (χ1n) is 5.37. The highest BCUT2D eigenvalue weighted by atomic mass is 19.4. The highest BCUT2D eigenvalue weighted by Gasteiger charge is 2.30. The molecule has 0 unspecified atom stereocenters. The van der Waals surface area contributed by atoms with Gasteiger partial charge in [0, 0.05) is 20.3 Å². The fourth-order valence-electron chi connectivity index (χ4n) is 1.54. The van der Waals surface area contributed by atoms with Gasteiger partial charge in [-0.25, -0.2) is 4.68 Å². The maximum atomic E-state index is 12.3. The lowest BCUT2D eigenvalue weighted by Crippen LogP contribution is -2.24. The number of rotatable bonds is 4. The van der Waals surface area contributed by atoms with Crippen LogP contribution in [-0.4, -0.2) is 43.2 Å². The third-order valence-corrected chi connectivity index (χ3v) is 2.45. The summed E-state index contributed by atoms with van der Waals surface area (Å²) < 4.78 is 39.3. The molecule has 7 nitrogen and oxygen atoms in total. The Kier molecular flexibility index (Phi) is 3.40. The van der Waals surface area contributed by atoms with Gasteiger partial charge in [-0.15, -0.1) is 5.10 Å². The van der Waals surface area contributed by atoms with E-state index < -0.39 is 12.7 Å². The molecule has 2 aromatic rings. The zero-order valence-corrected chi connectivity index (χ0v) is 10.3. The van der Waals surface area contributed by atoms with Crippen molar-refractivity contribution in [2.45, 2.75) is 19.3 Å². The molecule has 104 valence electrons. The molecular formula is C9H12F3N7. The van der Waals surface area contributed by atoms with E-state index in [1.807, 2.05) is 0 Å². The van der Waals surface area contributed by atoms with E-state index in [0.29, 0.717) is 0 Å². The second-order valence-corrected chi connectivity index (χ2v) is 4.10. The number of aryl methyl sites for hydroxylation is 1. The smallest absolute Gasteiger partial charge is 0.364 e. The van der Waals surface area contributed by atoms with Crippen molar-refractivity contribution in [1.82, 2.24) is 30.0 Å². The Balaban J connectivity index is 2.09. The molecule has 0 atom stereocenters. The van der Waals surface area contributed by atoms with Crippen LogP contribution in [0.15, 0.2) is 12.4 Å². The highest BCUT2D eigenvalue weighted by molar-refractivity contribution is 5.41. The third kappa shape index (κ3) is 3.42. The van der Waals surface area contributed by atoms with E-state index in [4.69, 9.17) is 0 Å². The fraction of sp³-hybridized carbons (Fsp3) is 0.556. The average molecular weight is 275 g/mol. The van der Waals surface area contributed by atoms with Gasteiger partial charge in [-0.2, -0.15) is 18.3 Å². The van der Waals surface area contributed by atoms with Crippen LogP contribution >= 0.6 is 0 Å². The molecular weight excluding hydrogens is 263 g/mol. The first-order chi connectivity index (χ1) is 8.85. The minimum absolute atomic E-state index is 0.142. The van der Waals surface area contributed by atoms with Crippen molar-refractivity contribution < 1.29 is 13.2 Å². The molecule has 19 heavy (non-hydrogen) atoms. The van der Waals surface area contributed by atoms with Gasteiger partial charge >= 0.3 is 6.18 Å². The molecule has 10 heteroatoms. The molecule has 2 rings (SSSR count). The number of aromatic nitrogens is 6. The van der Waals surface area contributed by atoms with E-state index >= 15 is 0 Å². The molecule has 0 spiro atoms. The van der Waals surface area contributed by atoms with Crippen LogP contribution in [0, 0.1) is 0 Å². The van der Waals surface area contributed by atoms with Crippen molar-refractivity contribution in [2.24, 2.45) is 7.05 Å². The Morgan fingerprint density at radius 2 is 2.11 bits per heavy atom. The highest BCUT2D eigenvalue weighted by Crippen LogP contribution is 2.18. The largest absolute Gasteiger partial charge is 0.408 e. The van der Waals surface area contributed by atoms with Crippen LogP contribution in [0.1, 0.15) is 5.82 Å². The number of halogens is 3. The minimum atomic E-state index is -4.35. The van der Waals surface area contributed by atoms with Gasteiger partial charge in [0.2, 0.25) is 0 Å². The van der Waals surface area contributed by atoms with Gasteiger partial charge in [-0.1, -0.05) is 0 Å². The first-order valence-corrected chi connectivity index (χ1v) is 5.37. The molecule has 0 aliphatic carbocycles. The summed E-state index contributed by atoms with van der Waals surface area (Å²) in [5, 5.41) is 14.2. The zero-order valence-electron chi connectivity index (χ0n) is 10.3. The Hall–Kier alpha value is -2.13. The van der Waals surface area contributed by atoms with Gasteiger partial charge in [0.05, 0.1) is 18.4 Å².